The first-order valence-electron chi connectivity index (χ1n) is 14.2. The van der Waals surface area contributed by atoms with E-state index in [2.05, 4.69) is 65.8 Å². The van der Waals surface area contributed by atoms with Crippen molar-refractivity contribution in [1.29, 1.82) is 0 Å². The van der Waals surface area contributed by atoms with Crippen LogP contribution in [0.3, 0.4) is 0 Å². The average molecular weight is 486 g/mol. The number of hydrogen-bond donors (Lipinski definition) is 0. The summed E-state index contributed by atoms with van der Waals surface area (Å²) in [5.41, 5.74) is 5.76. The number of ether oxygens (including phenoxy) is 1. The third-order valence-electron chi connectivity index (χ3n) is 7.61. The van der Waals surface area contributed by atoms with Crippen molar-refractivity contribution in [3.63, 3.8) is 0 Å². The van der Waals surface area contributed by atoms with Crippen LogP contribution in [-0.4, -0.2) is 18.7 Å². The molecule has 0 aromatic rings. The summed E-state index contributed by atoms with van der Waals surface area (Å²) in [6, 6.07) is 0. The molecule has 0 aromatic heterocycles. The van der Waals surface area contributed by atoms with Gasteiger partial charge in [-0.1, -0.05) is 81.6 Å². The maximum absolute atomic E-state index is 10.8. The van der Waals surface area contributed by atoms with Crippen molar-refractivity contribution < 1.29 is 14.6 Å². The molecular formula is C32H53O3-. The van der Waals surface area contributed by atoms with Crippen molar-refractivity contribution >= 4 is 5.97 Å². The van der Waals surface area contributed by atoms with E-state index in [1.807, 2.05) is 0 Å². The average Bonchev–Trinajstić information content (AvgIpc) is 2.81. The minimum atomic E-state index is -0.947. The third-order valence-corrected chi connectivity index (χ3v) is 7.61. The molecule has 1 rings (SSSR count). The number of aliphatic carboxylic acids is 1. The van der Waals surface area contributed by atoms with Gasteiger partial charge in [0, 0.05) is 18.5 Å². The van der Waals surface area contributed by atoms with Crippen molar-refractivity contribution in [2.24, 2.45) is 17.8 Å². The summed E-state index contributed by atoms with van der Waals surface area (Å²) < 4.78 is 6.31. The van der Waals surface area contributed by atoms with Gasteiger partial charge >= 0.3 is 0 Å². The molecule has 1 aliphatic carbocycles. The lowest BCUT2D eigenvalue weighted by Crippen LogP contribution is -2.29. The molecule has 0 heterocycles. The number of unbranched alkanes of at least 4 members (excludes halogenated alkanes) is 1. The van der Waals surface area contributed by atoms with Gasteiger partial charge in [-0.3, -0.25) is 0 Å². The Morgan fingerprint density at radius 3 is 2.40 bits per heavy atom. The Kier molecular flexibility index (Phi) is 15.9. The second-order valence-corrected chi connectivity index (χ2v) is 11.1. The van der Waals surface area contributed by atoms with Crippen molar-refractivity contribution in [1.82, 2.24) is 0 Å². The van der Waals surface area contributed by atoms with Crippen LogP contribution in [0.2, 0.25) is 0 Å². The zero-order chi connectivity index (χ0) is 26.2. The normalized spacial score (nSPS) is 20.9. The molecule has 4 atom stereocenters. The monoisotopic (exact) mass is 485 g/mol. The highest BCUT2D eigenvalue weighted by atomic mass is 16.5. The minimum Gasteiger partial charge on any atom is -0.550 e. The smallest absolute Gasteiger partial charge is 0.0850 e. The number of hydrogen-bond acceptors (Lipinski definition) is 3. The van der Waals surface area contributed by atoms with Crippen molar-refractivity contribution in [2.75, 3.05) is 6.61 Å². The number of carbonyl (C=O) groups excluding carboxylic acids is 1. The molecule has 4 unspecified atom stereocenters. The van der Waals surface area contributed by atoms with Gasteiger partial charge in [0.15, 0.2) is 0 Å². The molecule has 0 aliphatic heterocycles. The SMILES string of the molecule is CCCCOC1C(CCC(C)CCC/C(C)=C/CC/C(C)=C/CCC(C)C(=O)[O-])=CC=C(C)C1C. The summed E-state index contributed by atoms with van der Waals surface area (Å²) in [5.74, 6) is -0.0968. The molecule has 0 amide bonds. The first-order valence-corrected chi connectivity index (χ1v) is 14.2. The van der Waals surface area contributed by atoms with Gasteiger partial charge in [-0.2, -0.15) is 0 Å². The van der Waals surface area contributed by atoms with Gasteiger partial charge < -0.3 is 14.6 Å². The quantitative estimate of drug-likeness (QED) is 0.145. The highest BCUT2D eigenvalue weighted by Gasteiger charge is 2.26. The van der Waals surface area contributed by atoms with Crippen LogP contribution >= 0.6 is 0 Å². The van der Waals surface area contributed by atoms with Gasteiger partial charge in [-0.25, -0.2) is 0 Å². The zero-order valence-electron chi connectivity index (χ0n) is 23.8. The molecule has 0 spiro atoms. The molecule has 0 N–H and O–H groups in total. The van der Waals surface area contributed by atoms with E-state index in [1.165, 1.54) is 54.4 Å². The Morgan fingerprint density at radius 1 is 1.03 bits per heavy atom. The van der Waals surface area contributed by atoms with Gasteiger partial charge in [0.05, 0.1) is 6.10 Å². The van der Waals surface area contributed by atoms with Crippen LogP contribution in [0, 0.1) is 17.8 Å². The van der Waals surface area contributed by atoms with Gasteiger partial charge in [-0.05, 0) is 96.0 Å². The molecule has 0 aromatic carbocycles. The standard InChI is InChI=1S/C32H54O3/c1-8-9-23-35-31-29(7)27(5)20-22-30(31)21-19-26(4)16-11-15-24(2)13-10-14-25(3)17-12-18-28(6)32(33)34/h13,17,20,22,26,28-29,31H,8-12,14-16,18-19,21,23H2,1-7H3,(H,33,34)/p-1/b24-13+,25-17+. The van der Waals surface area contributed by atoms with E-state index in [-0.39, 0.29) is 12.0 Å². The Morgan fingerprint density at radius 2 is 1.71 bits per heavy atom. The first kappa shape index (κ1) is 31.4. The molecule has 0 fully saturated rings. The largest absolute Gasteiger partial charge is 0.550 e. The Labute approximate surface area is 216 Å². The van der Waals surface area contributed by atoms with E-state index < -0.39 is 5.97 Å². The van der Waals surface area contributed by atoms with E-state index in [9.17, 15) is 9.90 Å². The predicted octanol–water partition coefficient (Wildman–Crippen LogP) is 8.12. The third kappa shape index (κ3) is 13.3. The maximum Gasteiger partial charge on any atom is 0.0850 e. The lowest BCUT2D eigenvalue weighted by Gasteiger charge is -2.31. The molecule has 35 heavy (non-hydrogen) atoms. The summed E-state index contributed by atoms with van der Waals surface area (Å²) >= 11 is 0. The van der Waals surface area contributed by atoms with Crippen molar-refractivity contribution in [3.05, 3.63) is 46.6 Å². The van der Waals surface area contributed by atoms with Crippen LogP contribution in [0.25, 0.3) is 0 Å². The van der Waals surface area contributed by atoms with Crippen LogP contribution in [0.1, 0.15) is 119 Å². The number of carboxylic acids is 1. The molecule has 200 valence electrons. The number of allylic oxidation sites excluding steroid dienone is 6. The minimum absolute atomic E-state index is 0.263. The number of carboxylic acid groups (broad SMARTS) is 1. The fourth-order valence-corrected chi connectivity index (χ4v) is 4.61. The van der Waals surface area contributed by atoms with Gasteiger partial charge in [0.2, 0.25) is 0 Å². The lowest BCUT2D eigenvalue weighted by atomic mass is 9.83. The highest BCUT2D eigenvalue weighted by molar-refractivity contribution is 5.66. The zero-order valence-corrected chi connectivity index (χ0v) is 23.8. The number of carbonyl (C=O) groups is 1. The molecule has 0 radical (unpaired) electrons. The maximum atomic E-state index is 10.8. The van der Waals surface area contributed by atoms with E-state index >= 15 is 0 Å². The Balaban J connectivity index is 2.32. The van der Waals surface area contributed by atoms with Gasteiger partial charge in [-0.15, -0.1) is 0 Å². The molecule has 1 aliphatic rings. The highest BCUT2D eigenvalue weighted by Crippen LogP contribution is 2.32. The summed E-state index contributed by atoms with van der Waals surface area (Å²) in [4.78, 5) is 10.8. The second-order valence-electron chi connectivity index (χ2n) is 11.1. The summed E-state index contributed by atoms with van der Waals surface area (Å²) in [7, 11) is 0. The van der Waals surface area contributed by atoms with Crippen molar-refractivity contribution in [2.45, 2.75) is 125 Å². The first-order chi connectivity index (χ1) is 16.6. The second kappa shape index (κ2) is 17.8. The van der Waals surface area contributed by atoms with E-state index in [4.69, 9.17) is 4.74 Å². The van der Waals surface area contributed by atoms with E-state index in [0.29, 0.717) is 12.3 Å². The van der Waals surface area contributed by atoms with Gasteiger partial charge in [0.1, 0.15) is 0 Å². The summed E-state index contributed by atoms with van der Waals surface area (Å²) in [6.45, 7) is 16.1. The lowest BCUT2D eigenvalue weighted by molar-refractivity contribution is -0.311. The number of rotatable bonds is 18. The van der Waals surface area contributed by atoms with Crippen LogP contribution in [0.5, 0.6) is 0 Å². The van der Waals surface area contributed by atoms with Gasteiger partial charge in [0.25, 0.3) is 0 Å². The van der Waals surface area contributed by atoms with Crippen LogP contribution in [-0.2, 0) is 9.53 Å². The fourth-order valence-electron chi connectivity index (χ4n) is 4.61. The summed E-state index contributed by atoms with van der Waals surface area (Å²) in [5, 5.41) is 10.8. The van der Waals surface area contributed by atoms with E-state index in [0.717, 1.165) is 44.6 Å². The summed E-state index contributed by atoms with van der Waals surface area (Å²) in [6.07, 6.45) is 21.5. The van der Waals surface area contributed by atoms with E-state index in [1.54, 1.807) is 6.92 Å². The van der Waals surface area contributed by atoms with Crippen LogP contribution in [0.4, 0.5) is 0 Å². The molecular weight excluding hydrogens is 432 g/mol. The Hall–Kier alpha value is -1.61. The molecule has 0 saturated carbocycles. The van der Waals surface area contributed by atoms with Crippen LogP contribution in [0.15, 0.2) is 46.6 Å². The van der Waals surface area contributed by atoms with Crippen LogP contribution < -0.4 is 5.11 Å². The topological polar surface area (TPSA) is 49.4 Å². The molecule has 0 saturated heterocycles. The van der Waals surface area contributed by atoms with Crippen molar-refractivity contribution in [3.8, 4) is 0 Å². The predicted molar refractivity (Wildman–Crippen MR) is 148 cm³/mol. The molecule has 3 heteroatoms. The molecule has 3 nitrogen and oxygen atoms in total. The Bertz CT molecular complexity index is 740. The fraction of sp³-hybridized carbons (Fsp3) is 0.719. The molecule has 0 bridgehead atoms.